The molecule has 126 valence electrons. The van der Waals surface area contributed by atoms with E-state index in [9.17, 15) is 14.3 Å². The number of aromatic hydroxyl groups is 1. The van der Waals surface area contributed by atoms with E-state index in [1.165, 1.54) is 12.1 Å². The molecule has 0 atom stereocenters. The van der Waals surface area contributed by atoms with Gasteiger partial charge in [-0.1, -0.05) is 18.2 Å². The maximum Gasteiger partial charge on any atom is 0.227 e. The molecule has 1 aliphatic heterocycles. The van der Waals surface area contributed by atoms with Gasteiger partial charge >= 0.3 is 0 Å². The number of hydrogen-bond donors (Lipinski definition) is 2. The first-order valence-electron chi connectivity index (χ1n) is 7.70. The van der Waals surface area contributed by atoms with E-state index in [-0.39, 0.29) is 23.9 Å². The van der Waals surface area contributed by atoms with E-state index < -0.39 is 17.8 Å². The third-order valence-electron chi connectivity index (χ3n) is 4.08. The number of halogens is 1. The van der Waals surface area contributed by atoms with Crippen molar-refractivity contribution >= 4 is 5.57 Å². The molecule has 1 aliphatic rings. The number of nitrogens with zero attached hydrogens (tertiary/aromatic N) is 1. The van der Waals surface area contributed by atoms with Gasteiger partial charge in [0.1, 0.15) is 18.2 Å². The lowest BCUT2D eigenvalue weighted by molar-refractivity contribution is 0.213. The minimum absolute atomic E-state index is 0.132. The van der Waals surface area contributed by atoms with E-state index >= 15 is 0 Å². The van der Waals surface area contributed by atoms with Crippen molar-refractivity contribution < 1.29 is 19.0 Å². The fourth-order valence-electron chi connectivity index (χ4n) is 2.76. The van der Waals surface area contributed by atoms with E-state index in [1.807, 2.05) is 11.0 Å². The van der Waals surface area contributed by atoms with Gasteiger partial charge in [0.15, 0.2) is 5.76 Å². The molecule has 2 N–H and O–H groups in total. The lowest BCUT2D eigenvalue weighted by atomic mass is 9.99. The standard InChI is InChI=1S/C18H18FNO4/c19-14-3-1-12(2-4-14)13-5-7-20(8-6-13)10-17-18(23)16(22)9-15(11-21)24-17/h1-5,9,21,23H,6-8,10-11H2. The molecule has 6 heteroatoms. The minimum atomic E-state index is -0.556. The molecule has 3 rings (SSSR count). The summed E-state index contributed by atoms with van der Waals surface area (Å²) in [7, 11) is 0. The Morgan fingerprint density at radius 2 is 2.00 bits per heavy atom. The van der Waals surface area contributed by atoms with Gasteiger partial charge in [0.25, 0.3) is 0 Å². The van der Waals surface area contributed by atoms with Gasteiger partial charge in [-0.05, 0) is 29.7 Å². The summed E-state index contributed by atoms with van der Waals surface area (Å²) in [6.45, 7) is 1.23. The Balaban J connectivity index is 1.72. The average Bonchev–Trinajstić information content (AvgIpc) is 2.60. The molecular weight excluding hydrogens is 313 g/mol. The van der Waals surface area contributed by atoms with Gasteiger partial charge in [0, 0.05) is 19.2 Å². The number of aliphatic hydroxyl groups is 1. The van der Waals surface area contributed by atoms with Crippen LogP contribution in [0.1, 0.15) is 23.5 Å². The molecule has 0 saturated heterocycles. The Labute approximate surface area is 138 Å². The Morgan fingerprint density at radius 1 is 1.25 bits per heavy atom. The molecule has 0 bridgehead atoms. The Morgan fingerprint density at radius 3 is 2.62 bits per heavy atom. The van der Waals surface area contributed by atoms with Crippen molar-refractivity contribution in [3.63, 3.8) is 0 Å². The van der Waals surface area contributed by atoms with Crippen molar-refractivity contribution in [1.29, 1.82) is 0 Å². The highest BCUT2D eigenvalue weighted by Gasteiger charge is 2.18. The van der Waals surface area contributed by atoms with Crippen LogP contribution in [0.3, 0.4) is 0 Å². The average molecular weight is 331 g/mol. The summed E-state index contributed by atoms with van der Waals surface area (Å²) in [5, 5.41) is 18.9. The van der Waals surface area contributed by atoms with Gasteiger partial charge in [-0.2, -0.15) is 0 Å². The van der Waals surface area contributed by atoms with Gasteiger partial charge < -0.3 is 14.6 Å². The van der Waals surface area contributed by atoms with Gasteiger partial charge in [0.2, 0.25) is 11.2 Å². The molecular formula is C18H18FNO4. The van der Waals surface area contributed by atoms with Gasteiger partial charge in [0.05, 0.1) is 6.54 Å². The number of rotatable bonds is 4. The molecule has 0 amide bonds. The highest BCUT2D eigenvalue weighted by Crippen LogP contribution is 2.24. The smallest absolute Gasteiger partial charge is 0.227 e. The van der Waals surface area contributed by atoms with Crippen LogP contribution in [0.25, 0.3) is 5.57 Å². The second-order valence-electron chi connectivity index (χ2n) is 5.73. The Kier molecular flexibility index (Phi) is 4.78. The van der Waals surface area contributed by atoms with E-state index in [1.54, 1.807) is 12.1 Å². The second-order valence-corrected chi connectivity index (χ2v) is 5.73. The van der Waals surface area contributed by atoms with E-state index in [2.05, 4.69) is 0 Å². The molecule has 2 aromatic rings. The van der Waals surface area contributed by atoms with Crippen LogP contribution in [0.15, 0.2) is 45.6 Å². The molecule has 0 fully saturated rings. The summed E-state index contributed by atoms with van der Waals surface area (Å²) in [6, 6.07) is 7.48. The largest absolute Gasteiger partial charge is 0.502 e. The molecule has 1 aromatic heterocycles. The molecule has 0 saturated carbocycles. The van der Waals surface area contributed by atoms with Crippen molar-refractivity contribution in [3.05, 3.63) is 69.5 Å². The predicted octanol–water partition coefficient (Wildman–Crippen LogP) is 2.27. The van der Waals surface area contributed by atoms with E-state index in [0.717, 1.165) is 30.2 Å². The first kappa shape index (κ1) is 16.4. The zero-order chi connectivity index (χ0) is 17.1. The van der Waals surface area contributed by atoms with E-state index in [0.29, 0.717) is 6.54 Å². The van der Waals surface area contributed by atoms with E-state index in [4.69, 9.17) is 9.52 Å². The first-order chi connectivity index (χ1) is 11.6. The number of hydrogen-bond acceptors (Lipinski definition) is 5. The van der Waals surface area contributed by atoms with Crippen LogP contribution in [0.5, 0.6) is 5.75 Å². The predicted molar refractivity (Wildman–Crippen MR) is 86.8 cm³/mol. The second kappa shape index (κ2) is 6.98. The first-order valence-corrected chi connectivity index (χ1v) is 7.70. The van der Waals surface area contributed by atoms with Crippen LogP contribution in [0.4, 0.5) is 4.39 Å². The van der Waals surface area contributed by atoms with Crippen LogP contribution in [0, 0.1) is 5.82 Å². The fraction of sp³-hybridized carbons (Fsp3) is 0.278. The highest BCUT2D eigenvalue weighted by atomic mass is 19.1. The molecule has 0 spiro atoms. The fourth-order valence-corrected chi connectivity index (χ4v) is 2.76. The van der Waals surface area contributed by atoms with Gasteiger partial charge in [-0.15, -0.1) is 0 Å². The molecule has 2 heterocycles. The minimum Gasteiger partial charge on any atom is -0.502 e. The van der Waals surface area contributed by atoms with Crippen molar-refractivity contribution in [3.8, 4) is 5.75 Å². The number of aliphatic hydroxyl groups excluding tert-OH is 1. The van der Waals surface area contributed by atoms with Crippen LogP contribution in [-0.2, 0) is 13.2 Å². The quantitative estimate of drug-likeness (QED) is 0.899. The third kappa shape index (κ3) is 3.55. The summed E-state index contributed by atoms with van der Waals surface area (Å²) in [6.07, 6.45) is 2.82. The molecule has 0 aliphatic carbocycles. The normalized spacial score (nSPS) is 15.3. The lowest BCUT2D eigenvalue weighted by Gasteiger charge is -2.26. The molecule has 1 aromatic carbocycles. The summed E-state index contributed by atoms with van der Waals surface area (Å²) < 4.78 is 18.3. The Bertz CT molecular complexity index is 811. The van der Waals surface area contributed by atoms with Gasteiger partial charge in [-0.3, -0.25) is 9.69 Å². The molecule has 0 radical (unpaired) electrons. The molecule has 0 unspecified atom stereocenters. The third-order valence-corrected chi connectivity index (χ3v) is 4.08. The monoisotopic (exact) mass is 331 g/mol. The number of benzene rings is 1. The van der Waals surface area contributed by atoms with Crippen LogP contribution < -0.4 is 5.43 Å². The summed E-state index contributed by atoms with van der Waals surface area (Å²) in [5.74, 6) is -0.385. The summed E-state index contributed by atoms with van der Waals surface area (Å²) in [5.41, 5.74) is 1.58. The van der Waals surface area contributed by atoms with Gasteiger partial charge in [-0.25, -0.2) is 4.39 Å². The van der Waals surface area contributed by atoms with Crippen molar-refractivity contribution in [1.82, 2.24) is 4.90 Å². The van der Waals surface area contributed by atoms with Crippen LogP contribution >= 0.6 is 0 Å². The SMILES string of the molecule is O=c1cc(CO)oc(CN2CC=C(c3ccc(F)cc3)CC2)c1O. The molecule has 24 heavy (non-hydrogen) atoms. The van der Waals surface area contributed by atoms with Crippen LogP contribution in [-0.4, -0.2) is 28.2 Å². The lowest BCUT2D eigenvalue weighted by Crippen LogP contribution is -2.28. The topological polar surface area (TPSA) is 73.9 Å². The zero-order valence-corrected chi connectivity index (χ0v) is 13.0. The maximum absolute atomic E-state index is 13.0. The summed E-state index contributed by atoms with van der Waals surface area (Å²) in [4.78, 5) is 13.7. The zero-order valence-electron chi connectivity index (χ0n) is 13.0. The maximum atomic E-state index is 13.0. The van der Waals surface area contributed by atoms with Crippen molar-refractivity contribution in [2.75, 3.05) is 13.1 Å². The summed E-state index contributed by atoms with van der Waals surface area (Å²) >= 11 is 0. The molecule has 5 nitrogen and oxygen atoms in total. The van der Waals surface area contributed by atoms with Crippen LogP contribution in [0.2, 0.25) is 0 Å². The van der Waals surface area contributed by atoms with Crippen molar-refractivity contribution in [2.45, 2.75) is 19.6 Å². The Hall–Kier alpha value is -2.44. The van der Waals surface area contributed by atoms with Crippen molar-refractivity contribution in [2.24, 2.45) is 0 Å². The highest BCUT2D eigenvalue weighted by molar-refractivity contribution is 5.66.